The number of amides is 1. The first-order chi connectivity index (χ1) is 10.7. The maximum Gasteiger partial charge on any atom is 0.307 e. The molecular weight excluding hydrogens is 278 g/mol. The van der Waals surface area contributed by atoms with Gasteiger partial charge in [0.2, 0.25) is 5.91 Å². The lowest BCUT2D eigenvalue weighted by Crippen LogP contribution is -2.36. The first kappa shape index (κ1) is 15.1. The number of hydrogen-bond donors (Lipinski definition) is 2. The number of carboxylic acid groups (broad SMARTS) is 1. The highest BCUT2D eigenvalue weighted by molar-refractivity contribution is 5.96. The number of rotatable bonds is 3. The summed E-state index contributed by atoms with van der Waals surface area (Å²) in [7, 11) is 0. The molecule has 1 aromatic carbocycles. The monoisotopic (exact) mass is 301 g/mol. The van der Waals surface area contributed by atoms with Gasteiger partial charge in [0.15, 0.2) is 0 Å². The minimum atomic E-state index is -0.838. The van der Waals surface area contributed by atoms with E-state index in [1.165, 1.54) is 17.5 Å². The summed E-state index contributed by atoms with van der Waals surface area (Å²) >= 11 is 0. The minimum absolute atomic E-state index is 0.119. The van der Waals surface area contributed by atoms with E-state index in [-0.39, 0.29) is 5.91 Å². The third kappa shape index (κ3) is 3.01. The Bertz CT molecular complexity index is 582. The van der Waals surface area contributed by atoms with E-state index in [2.05, 4.69) is 11.4 Å². The Morgan fingerprint density at radius 2 is 1.73 bits per heavy atom. The first-order valence-corrected chi connectivity index (χ1v) is 8.31. The molecule has 0 saturated heterocycles. The van der Waals surface area contributed by atoms with Crippen LogP contribution in [0.4, 0.5) is 5.69 Å². The third-order valence-electron chi connectivity index (χ3n) is 5.07. The van der Waals surface area contributed by atoms with E-state index in [0.29, 0.717) is 12.8 Å². The number of nitrogens with one attached hydrogen (secondary N) is 1. The van der Waals surface area contributed by atoms with E-state index in [4.69, 9.17) is 0 Å². The number of aryl methyl sites for hydroxylation is 1. The van der Waals surface area contributed by atoms with E-state index >= 15 is 0 Å². The lowest BCUT2D eigenvalue weighted by molar-refractivity contribution is -0.147. The molecule has 118 valence electrons. The van der Waals surface area contributed by atoms with E-state index in [0.717, 1.165) is 37.8 Å². The molecule has 0 radical (unpaired) electrons. The molecule has 2 N–H and O–H groups in total. The van der Waals surface area contributed by atoms with Crippen LogP contribution in [0.5, 0.6) is 0 Å². The first-order valence-electron chi connectivity index (χ1n) is 8.31. The number of aliphatic carboxylic acids is 1. The second kappa shape index (κ2) is 6.51. The molecule has 2 atom stereocenters. The van der Waals surface area contributed by atoms with Crippen LogP contribution in [-0.2, 0) is 22.4 Å². The Morgan fingerprint density at radius 1 is 1.00 bits per heavy atom. The summed E-state index contributed by atoms with van der Waals surface area (Å²) in [5, 5.41) is 12.4. The van der Waals surface area contributed by atoms with Crippen molar-refractivity contribution in [2.24, 2.45) is 11.8 Å². The molecule has 4 nitrogen and oxygen atoms in total. The molecule has 1 fully saturated rings. The fourth-order valence-corrected chi connectivity index (χ4v) is 3.86. The highest BCUT2D eigenvalue weighted by atomic mass is 16.4. The molecule has 4 heteroatoms. The number of carboxylic acids is 1. The number of benzene rings is 1. The van der Waals surface area contributed by atoms with Crippen LogP contribution >= 0.6 is 0 Å². The molecule has 0 bridgehead atoms. The van der Waals surface area contributed by atoms with Crippen molar-refractivity contribution in [3.8, 4) is 0 Å². The van der Waals surface area contributed by atoms with Crippen molar-refractivity contribution in [3.63, 3.8) is 0 Å². The topological polar surface area (TPSA) is 66.4 Å². The third-order valence-corrected chi connectivity index (χ3v) is 5.07. The Morgan fingerprint density at radius 3 is 2.50 bits per heavy atom. The molecule has 0 heterocycles. The molecule has 22 heavy (non-hydrogen) atoms. The van der Waals surface area contributed by atoms with Gasteiger partial charge < -0.3 is 10.4 Å². The van der Waals surface area contributed by atoms with Crippen LogP contribution in [0.3, 0.4) is 0 Å². The van der Waals surface area contributed by atoms with Crippen LogP contribution in [0.2, 0.25) is 0 Å². The van der Waals surface area contributed by atoms with E-state index < -0.39 is 17.8 Å². The average Bonchev–Trinajstić information content (AvgIpc) is 2.55. The van der Waals surface area contributed by atoms with Gasteiger partial charge in [-0.2, -0.15) is 0 Å². The zero-order chi connectivity index (χ0) is 15.5. The van der Waals surface area contributed by atoms with E-state index in [1.54, 1.807) is 0 Å². The Balaban J connectivity index is 1.78. The van der Waals surface area contributed by atoms with Gasteiger partial charge in [-0.05, 0) is 55.7 Å². The van der Waals surface area contributed by atoms with Crippen LogP contribution in [-0.4, -0.2) is 17.0 Å². The van der Waals surface area contributed by atoms with Crippen LogP contribution in [0.1, 0.15) is 49.7 Å². The smallest absolute Gasteiger partial charge is 0.307 e. The summed E-state index contributed by atoms with van der Waals surface area (Å²) in [4.78, 5) is 24.0. The summed E-state index contributed by atoms with van der Waals surface area (Å²) in [5.74, 6) is -1.89. The van der Waals surface area contributed by atoms with Gasteiger partial charge in [-0.3, -0.25) is 9.59 Å². The molecule has 0 unspecified atom stereocenters. The van der Waals surface area contributed by atoms with Crippen molar-refractivity contribution >= 4 is 17.6 Å². The predicted molar refractivity (Wildman–Crippen MR) is 84.8 cm³/mol. The van der Waals surface area contributed by atoms with Gasteiger partial charge in [-0.15, -0.1) is 0 Å². The van der Waals surface area contributed by atoms with Gasteiger partial charge in [0.05, 0.1) is 11.8 Å². The molecule has 1 saturated carbocycles. The van der Waals surface area contributed by atoms with Crippen molar-refractivity contribution in [2.45, 2.75) is 51.4 Å². The SMILES string of the molecule is O=C(Nc1cccc2c1CCCC2)[C@H]1CCCC[C@H]1C(=O)O. The Kier molecular flexibility index (Phi) is 4.46. The number of carbonyl (C=O) groups is 2. The number of anilines is 1. The van der Waals surface area contributed by atoms with Gasteiger partial charge in [0.25, 0.3) is 0 Å². The lowest BCUT2D eigenvalue weighted by atomic mass is 9.78. The number of carbonyl (C=O) groups excluding carboxylic acids is 1. The van der Waals surface area contributed by atoms with E-state index in [9.17, 15) is 14.7 Å². The van der Waals surface area contributed by atoms with Gasteiger partial charge in [-0.25, -0.2) is 0 Å². The molecule has 0 aliphatic heterocycles. The van der Waals surface area contributed by atoms with Gasteiger partial charge in [-0.1, -0.05) is 25.0 Å². The van der Waals surface area contributed by atoms with Crippen LogP contribution < -0.4 is 5.32 Å². The van der Waals surface area contributed by atoms with Crippen molar-refractivity contribution in [3.05, 3.63) is 29.3 Å². The lowest BCUT2D eigenvalue weighted by Gasteiger charge is -2.28. The molecule has 3 rings (SSSR count). The quantitative estimate of drug-likeness (QED) is 0.899. The van der Waals surface area contributed by atoms with E-state index in [1.807, 2.05) is 12.1 Å². The standard InChI is InChI=1S/C18H23NO3/c20-17(14-9-3-4-10-15(14)18(21)22)19-16-11-5-7-12-6-1-2-8-13(12)16/h5,7,11,14-15H,1-4,6,8-10H2,(H,19,20)(H,21,22)/t14-,15+/m0/s1. The van der Waals surface area contributed by atoms with Crippen LogP contribution in [0.15, 0.2) is 18.2 Å². The van der Waals surface area contributed by atoms with Gasteiger partial charge in [0.1, 0.15) is 0 Å². The Labute approximate surface area is 130 Å². The fourth-order valence-electron chi connectivity index (χ4n) is 3.86. The highest BCUT2D eigenvalue weighted by Crippen LogP contribution is 2.33. The van der Waals surface area contributed by atoms with Gasteiger partial charge in [0, 0.05) is 5.69 Å². The molecule has 1 aromatic rings. The zero-order valence-corrected chi connectivity index (χ0v) is 12.8. The zero-order valence-electron chi connectivity index (χ0n) is 12.8. The molecule has 2 aliphatic rings. The number of fused-ring (bicyclic) bond motifs is 1. The normalized spacial score (nSPS) is 24.4. The second-order valence-corrected chi connectivity index (χ2v) is 6.48. The summed E-state index contributed by atoms with van der Waals surface area (Å²) in [6.45, 7) is 0. The molecule has 1 amide bonds. The van der Waals surface area contributed by atoms with Crippen LogP contribution in [0.25, 0.3) is 0 Å². The largest absolute Gasteiger partial charge is 0.481 e. The van der Waals surface area contributed by atoms with Crippen molar-refractivity contribution in [1.29, 1.82) is 0 Å². The summed E-state index contributed by atoms with van der Waals surface area (Å²) in [6.07, 6.45) is 7.56. The highest BCUT2D eigenvalue weighted by Gasteiger charge is 2.35. The summed E-state index contributed by atoms with van der Waals surface area (Å²) in [5.41, 5.74) is 3.45. The maximum absolute atomic E-state index is 12.6. The van der Waals surface area contributed by atoms with Crippen LogP contribution in [0, 0.1) is 11.8 Å². The average molecular weight is 301 g/mol. The summed E-state index contributed by atoms with van der Waals surface area (Å²) in [6, 6.07) is 6.06. The van der Waals surface area contributed by atoms with Gasteiger partial charge >= 0.3 is 5.97 Å². The fraction of sp³-hybridized carbons (Fsp3) is 0.556. The predicted octanol–water partition coefficient (Wildman–Crippen LogP) is 3.39. The second-order valence-electron chi connectivity index (χ2n) is 6.48. The molecule has 0 aromatic heterocycles. The Hall–Kier alpha value is -1.84. The van der Waals surface area contributed by atoms with Crippen molar-refractivity contribution in [2.75, 3.05) is 5.32 Å². The summed E-state index contributed by atoms with van der Waals surface area (Å²) < 4.78 is 0. The van der Waals surface area contributed by atoms with Crippen molar-refractivity contribution in [1.82, 2.24) is 0 Å². The number of hydrogen-bond acceptors (Lipinski definition) is 2. The molecule has 2 aliphatic carbocycles. The molecule has 0 spiro atoms. The minimum Gasteiger partial charge on any atom is -0.481 e. The molecular formula is C18H23NO3. The maximum atomic E-state index is 12.6. The van der Waals surface area contributed by atoms with Crippen molar-refractivity contribution < 1.29 is 14.7 Å².